The summed E-state index contributed by atoms with van der Waals surface area (Å²) in [5.41, 5.74) is 0.713. The summed E-state index contributed by atoms with van der Waals surface area (Å²) in [6, 6.07) is 4.84. The molecular formula is C16H20ClNO4. The highest BCUT2D eigenvalue weighted by atomic mass is 35.5. The number of hydrogen-bond donors (Lipinski definition) is 1. The fraction of sp³-hybridized carbons (Fsp3) is 0.500. The molecule has 0 aromatic heterocycles. The van der Waals surface area contributed by atoms with E-state index in [0.29, 0.717) is 35.7 Å². The molecule has 6 heteroatoms. The number of amides is 1. The molecule has 0 aliphatic carbocycles. The monoisotopic (exact) mass is 325 g/mol. The second-order valence-corrected chi connectivity index (χ2v) is 5.98. The summed E-state index contributed by atoms with van der Waals surface area (Å²) in [4.78, 5) is 25.5. The summed E-state index contributed by atoms with van der Waals surface area (Å²) in [7, 11) is 1.54. The molecule has 0 bridgehead atoms. The first-order chi connectivity index (χ1) is 10.4. The van der Waals surface area contributed by atoms with E-state index in [4.69, 9.17) is 16.3 Å². The van der Waals surface area contributed by atoms with Gasteiger partial charge in [0.15, 0.2) is 0 Å². The summed E-state index contributed by atoms with van der Waals surface area (Å²) < 4.78 is 5.25. The van der Waals surface area contributed by atoms with Crippen molar-refractivity contribution < 1.29 is 19.4 Å². The van der Waals surface area contributed by atoms with Crippen LogP contribution in [0.15, 0.2) is 18.2 Å². The number of carbonyl (C=O) groups is 2. The van der Waals surface area contributed by atoms with Crippen molar-refractivity contribution in [2.45, 2.75) is 32.2 Å². The van der Waals surface area contributed by atoms with Gasteiger partial charge in [-0.1, -0.05) is 11.6 Å². The first-order valence-electron chi connectivity index (χ1n) is 7.28. The Morgan fingerprint density at radius 2 is 2.18 bits per heavy atom. The lowest BCUT2D eigenvalue weighted by Gasteiger charge is -2.37. The number of carboxylic acid groups (broad SMARTS) is 1. The predicted molar refractivity (Wildman–Crippen MR) is 83.2 cm³/mol. The van der Waals surface area contributed by atoms with Crippen molar-refractivity contribution in [2.75, 3.05) is 13.7 Å². The lowest BCUT2D eigenvalue weighted by atomic mass is 9.90. The maximum atomic E-state index is 12.6. The topological polar surface area (TPSA) is 66.8 Å². The van der Waals surface area contributed by atoms with Gasteiger partial charge in [-0.2, -0.15) is 0 Å². The largest absolute Gasteiger partial charge is 0.496 e. The van der Waals surface area contributed by atoms with Crippen molar-refractivity contribution in [1.29, 1.82) is 0 Å². The number of ether oxygens (including phenoxy) is 1. The number of piperidine rings is 1. The Bertz CT molecular complexity index is 575. The van der Waals surface area contributed by atoms with Crippen molar-refractivity contribution in [3.8, 4) is 5.75 Å². The van der Waals surface area contributed by atoms with Crippen LogP contribution in [0.5, 0.6) is 5.75 Å². The fourth-order valence-corrected chi connectivity index (χ4v) is 3.17. The SMILES string of the molecule is COc1ccc(Cl)cc1CC(=O)N1CCC[C@H](C(=O)O)[C@@H]1C. The molecule has 1 fully saturated rings. The zero-order valence-corrected chi connectivity index (χ0v) is 13.5. The predicted octanol–water partition coefficient (Wildman–Crippen LogP) is 2.60. The highest BCUT2D eigenvalue weighted by Gasteiger charge is 2.35. The summed E-state index contributed by atoms with van der Waals surface area (Å²) in [6.45, 7) is 2.39. The van der Waals surface area contributed by atoms with Gasteiger partial charge in [-0.05, 0) is 38.0 Å². The number of rotatable bonds is 4. The van der Waals surface area contributed by atoms with Crippen molar-refractivity contribution >= 4 is 23.5 Å². The first-order valence-corrected chi connectivity index (χ1v) is 7.66. The Labute approximate surface area is 134 Å². The molecule has 5 nitrogen and oxygen atoms in total. The molecule has 0 unspecified atom stereocenters. The van der Waals surface area contributed by atoms with Gasteiger partial charge in [0.05, 0.1) is 19.4 Å². The molecule has 1 heterocycles. The molecule has 22 heavy (non-hydrogen) atoms. The number of hydrogen-bond acceptors (Lipinski definition) is 3. The van der Waals surface area contributed by atoms with Crippen LogP contribution in [0.3, 0.4) is 0 Å². The number of methoxy groups -OCH3 is 1. The minimum absolute atomic E-state index is 0.0981. The molecule has 0 saturated carbocycles. The highest BCUT2D eigenvalue weighted by molar-refractivity contribution is 6.30. The fourth-order valence-electron chi connectivity index (χ4n) is 2.98. The standard InChI is InChI=1S/C16H20ClNO4/c1-10-13(16(20)21)4-3-7-18(10)15(19)9-11-8-12(17)5-6-14(11)22-2/h5-6,8,10,13H,3-4,7,9H2,1-2H3,(H,20,21)/t10-,13-/m0/s1. The van der Waals surface area contributed by atoms with Crippen molar-refractivity contribution in [3.05, 3.63) is 28.8 Å². The normalized spacial score (nSPS) is 21.5. The van der Waals surface area contributed by atoms with Crippen LogP contribution in [0.4, 0.5) is 0 Å². The molecule has 2 atom stereocenters. The number of carboxylic acids is 1. The van der Waals surface area contributed by atoms with Gasteiger partial charge < -0.3 is 14.7 Å². The minimum Gasteiger partial charge on any atom is -0.496 e. The number of carbonyl (C=O) groups excluding carboxylic acids is 1. The van der Waals surface area contributed by atoms with Crippen LogP contribution < -0.4 is 4.74 Å². The van der Waals surface area contributed by atoms with Gasteiger partial charge in [0.25, 0.3) is 0 Å². The Balaban J connectivity index is 2.15. The zero-order valence-electron chi connectivity index (χ0n) is 12.7. The molecule has 1 aliphatic rings. The Morgan fingerprint density at radius 1 is 1.45 bits per heavy atom. The number of aliphatic carboxylic acids is 1. The number of benzene rings is 1. The van der Waals surface area contributed by atoms with Gasteiger partial charge in [0.1, 0.15) is 5.75 Å². The maximum absolute atomic E-state index is 12.6. The van der Waals surface area contributed by atoms with Crippen LogP contribution in [0, 0.1) is 5.92 Å². The van der Waals surface area contributed by atoms with Gasteiger partial charge in [0.2, 0.25) is 5.91 Å². The van der Waals surface area contributed by atoms with E-state index in [1.807, 2.05) is 0 Å². The van der Waals surface area contributed by atoms with Crippen LogP contribution >= 0.6 is 11.6 Å². The van der Waals surface area contributed by atoms with Crippen LogP contribution in [-0.4, -0.2) is 41.6 Å². The van der Waals surface area contributed by atoms with E-state index in [0.717, 1.165) is 0 Å². The lowest BCUT2D eigenvalue weighted by Crippen LogP contribution is -2.49. The van der Waals surface area contributed by atoms with E-state index in [9.17, 15) is 14.7 Å². The zero-order chi connectivity index (χ0) is 16.3. The van der Waals surface area contributed by atoms with E-state index in [1.165, 1.54) is 0 Å². The highest BCUT2D eigenvalue weighted by Crippen LogP contribution is 2.27. The number of halogens is 1. The average Bonchev–Trinajstić information content (AvgIpc) is 2.47. The quantitative estimate of drug-likeness (QED) is 0.924. The summed E-state index contributed by atoms with van der Waals surface area (Å²) in [5.74, 6) is -0.833. The molecule has 1 aromatic carbocycles. The van der Waals surface area contributed by atoms with E-state index in [-0.39, 0.29) is 18.4 Å². The molecule has 1 aliphatic heterocycles. The van der Waals surface area contributed by atoms with E-state index >= 15 is 0 Å². The van der Waals surface area contributed by atoms with Gasteiger partial charge >= 0.3 is 5.97 Å². The Kier molecular flexibility index (Phi) is 5.29. The van der Waals surface area contributed by atoms with Crippen LogP contribution in [0.1, 0.15) is 25.3 Å². The van der Waals surface area contributed by atoms with Crippen molar-refractivity contribution in [2.24, 2.45) is 5.92 Å². The third kappa shape index (κ3) is 3.53. The molecule has 0 spiro atoms. The molecule has 1 amide bonds. The summed E-state index contributed by atoms with van der Waals surface area (Å²) in [5, 5.41) is 9.78. The van der Waals surface area contributed by atoms with Crippen LogP contribution in [-0.2, 0) is 16.0 Å². The lowest BCUT2D eigenvalue weighted by molar-refractivity contribution is -0.148. The number of nitrogens with zero attached hydrogens (tertiary/aromatic N) is 1. The van der Waals surface area contributed by atoms with Gasteiger partial charge in [-0.3, -0.25) is 9.59 Å². The third-order valence-corrected chi connectivity index (χ3v) is 4.44. The Hall–Kier alpha value is -1.75. The summed E-state index contributed by atoms with van der Waals surface area (Å²) >= 11 is 5.98. The van der Waals surface area contributed by atoms with E-state index in [2.05, 4.69) is 0 Å². The average molecular weight is 326 g/mol. The molecule has 0 radical (unpaired) electrons. The molecule has 1 aromatic rings. The first kappa shape index (κ1) is 16.6. The molecular weight excluding hydrogens is 306 g/mol. The van der Waals surface area contributed by atoms with Crippen LogP contribution in [0.2, 0.25) is 5.02 Å². The second-order valence-electron chi connectivity index (χ2n) is 5.55. The van der Waals surface area contributed by atoms with Crippen molar-refractivity contribution in [3.63, 3.8) is 0 Å². The number of likely N-dealkylation sites (tertiary alicyclic amines) is 1. The molecule has 2 rings (SSSR count). The molecule has 1 saturated heterocycles. The van der Waals surface area contributed by atoms with E-state index < -0.39 is 11.9 Å². The second kappa shape index (κ2) is 7.01. The van der Waals surface area contributed by atoms with Gasteiger partial charge in [-0.25, -0.2) is 0 Å². The van der Waals surface area contributed by atoms with Crippen molar-refractivity contribution in [1.82, 2.24) is 4.90 Å². The maximum Gasteiger partial charge on any atom is 0.308 e. The summed E-state index contributed by atoms with van der Waals surface area (Å²) in [6.07, 6.45) is 1.47. The Morgan fingerprint density at radius 3 is 2.82 bits per heavy atom. The third-order valence-electron chi connectivity index (χ3n) is 4.21. The molecule has 1 N–H and O–H groups in total. The van der Waals surface area contributed by atoms with Gasteiger partial charge in [0, 0.05) is 23.2 Å². The van der Waals surface area contributed by atoms with Gasteiger partial charge in [-0.15, -0.1) is 0 Å². The smallest absolute Gasteiger partial charge is 0.308 e. The van der Waals surface area contributed by atoms with E-state index in [1.54, 1.807) is 37.1 Å². The van der Waals surface area contributed by atoms with Crippen LogP contribution in [0.25, 0.3) is 0 Å². The molecule has 120 valence electrons. The minimum atomic E-state index is -0.842.